The lowest BCUT2D eigenvalue weighted by atomic mass is 9.86. The molecule has 3 aliphatic rings. The zero-order valence-corrected chi connectivity index (χ0v) is 14.5. The molecule has 0 radical (unpaired) electrons. The highest BCUT2D eigenvalue weighted by atomic mass is 16.5. The third kappa shape index (κ3) is 4.09. The van der Waals surface area contributed by atoms with E-state index in [0.29, 0.717) is 19.4 Å². The fourth-order valence-corrected chi connectivity index (χ4v) is 4.17. The molecule has 6 nitrogen and oxygen atoms in total. The lowest BCUT2D eigenvalue weighted by Crippen LogP contribution is -2.50. The molecule has 2 heterocycles. The third-order valence-corrected chi connectivity index (χ3v) is 5.70. The van der Waals surface area contributed by atoms with E-state index in [1.54, 1.807) is 0 Å². The van der Waals surface area contributed by atoms with E-state index in [0.717, 1.165) is 51.0 Å². The minimum absolute atomic E-state index is 0.0335. The first kappa shape index (κ1) is 17.7. The fraction of sp³-hybridized carbons (Fsp3) is 0.889. The smallest absolute Gasteiger partial charge is 0.332 e. The van der Waals surface area contributed by atoms with Crippen LogP contribution >= 0.6 is 0 Å². The summed E-state index contributed by atoms with van der Waals surface area (Å²) in [6.45, 7) is 3.66. The van der Waals surface area contributed by atoms with Crippen molar-refractivity contribution in [2.24, 2.45) is 5.92 Å². The van der Waals surface area contributed by atoms with E-state index >= 15 is 0 Å². The van der Waals surface area contributed by atoms with Crippen LogP contribution in [-0.2, 0) is 19.1 Å². The van der Waals surface area contributed by atoms with Gasteiger partial charge in [-0.05, 0) is 57.3 Å². The van der Waals surface area contributed by atoms with Crippen LogP contribution in [0.3, 0.4) is 0 Å². The first-order valence-corrected chi connectivity index (χ1v) is 9.35. The molecule has 0 aromatic rings. The Morgan fingerprint density at radius 1 is 1.04 bits per heavy atom. The topological polar surface area (TPSA) is 76.1 Å². The molecule has 3 rings (SSSR count). The van der Waals surface area contributed by atoms with Crippen LogP contribution in [0, 0.1) is 5.92 Å². The van der Waals surface area contributed by atoms with Crippen LogP contribution in [-0.4, -0.2) is 59.4 Å². The van der Waals surface area contributed by atoms with E-state index in [2.05, 4.69) is 6.92 Å². The van der Waals surface area contributed by atoms with Gasteiger partial charge in [-0.3, -0.25) is 4.79 Å². The molecular formula is C18H29NO5. The Morgan fingerprint density at radius 3 is 2.33 bits per heavy atom. The van der Waals surface area contributed by atoms with Gasteiger partial charge in [0.05, 0.1) is 6.10 Å². The summed E-state index contributed by atoms with van der Waals surface area (Å²) >= 11 is 0. The van der Waals surface area contributed by atoms with Gasteiger partial charge >= 0.3 is 5.97 Å². The quantitative estimate of drug-likeness (QED) is 0.831. The van der Waals surface area contributed by atoms with Crippen LogP contribution in [0.5, 0.6) is 0 Å². The molecule has 1 amide bonds. The predicted molar refractivity (Wildman–Crippen MR) is 87.6 cm³/mol. The highest BCUT2D eigenvalue weighted by Gasteiger charge is 2.40. The summed E-state index contributed by atoms with van der Waals surface area (Å²) in [5.41, 5.74) is 0. The van der Waals surface area contributed by atoms with Crippen molar-refractivity contribution >= 4 is 11.9 Å². The summed E-state index contributed by atoms with van der Waals surface area (Å²) in [5.74, 6) is -0.281. The Bertz CT molecular complexity index is 454. The van der Waals surface area contributed by atoms with E-state index in [1.807, 2.05) is 4.90 Å². The fourth-order valence-electron chi connectivity index (χ4n) is 4.17. The summed E-state index contributed by atoms with van der Waals surface area (Å²) in [6, 6.07) is 0.241. The average Bonchev–Trinajstić information content (AvgIpc) is 3.24. The van der Waals surface area contributed by atoms with Gasteiger partial charge in [0.2, 0.25) is 0 Å². The SMILES string of the molecule is CC1CCC(N(CC2CCCO2)C(=O)[C@@H]2CC[C@H](C(=O)O)O2)CC1. The second-order valence-electron chi connectivity index (χ2n) is 7.57. The molecule has 0 aromatic heterocycles. The number of carboxylic acid groups (broad SMARTS) is 1. The monoisotopic (exact) mass is 339 g/mol. The lowest BCUT2D eigenvalue weighted by Gasteiger charge is -2.38. The summed E-state index contributed by atoms with van der Waals surface area (Å²) in [5, 5.41) is 9.09. The van der Waals surface area contributed by atoms with Crippen molar-refractivity contribution in [1.82, 2.24) is 4.90 Å². The van der Waals surface area contributed by atoms with Crippen molar-refractivity contribution in [3.8, 4) is 0 Å². The number of ether oxygens (including phenoxy) is 2. The van der Waals surface area contributed by atoms with E-state index in [1.165, 1.54) is 0 Å². The molecule has 3 fully saturated rings. The van der Waals surface area contributed by atoms with E-state index in [9.17, 15) is 9.59 Å². The van der Waals surface area contributed by atoms with E-state index in [4.69, 9.17) is 14.6 Å². The number of carboxylic acids is 1. The zero-order valence-electron chi connectivity index (χ0n) is 14.5. The van der Waals surface area contributed by atoms with Crippen molar-refractivity contribution in [1.29, 1.82) is 0 Å². The van der Waals surface area contributed by atoms with Crippen LogP contribution in [0.4, 0.5) is 0 Å². The minimum atomic E-state index is -0.970. The largest absolute Gasteiger partial charge is 0.479 e. The molecule has 3 atom stereocenters. The summed E-state index contributed by atoms with van der Waals surface area (Å²) in [7, 11) is 0. The van der Waals surface area contributed by atoms with Crippen LogP contribution < -0.4 is 0 Å². The predicted octanol–water partition coefficient (Wildman–Crippen LogP) is 2.20. The van der Waals surface area contributed by atoms with Crippen LogP contribution in [0.15, 0.2) is 0 Å². The van der Waals surface area contributed by atoms with E-state index < -0.39 is 18.2 Å². The van der Waals surface area contributed by atoms with Crippen molar-refractivity contribution < 1.29 is 24.2 Å². The van der Waals surface area contributed by atoms with Crippen molar-refractivity contribution in [3.05, 3.63) is 0 Å². The average molecular weight is 339 g/mol. The highest BCUT2D eigenvalue weighted by Crippen LogP contribution is 2.30. The van der Waals surface area contributed by atoms with Gasteiger partial charge in [-0.1, -0.05) is 6.92 Å². The molecule has 2 aliphatic heterocycles. The minimum Gasteiger partial charge on any atom is -0.479 e. The summed E-state index contributed by atoms with van der Waals surface area (Å²) < 4.78 is 11.2. The Hall–Kier alpha value is -1.14. The number of hydrogen-bond donors (Lipinski definition) is 1. The van der Waals surface area contributed by atoms with Gasteiger partial charge in [-0.15, -0.1) is 0 Å². The van der Waals surface area contributed by atoms with Gasteiger partial charge in [-0.2, -0.15) is 0 Å². The van der Waals surface area contributed by atoms with Gasteiger partial charge < -0.3 is 19.5 Å². The summed E-state index contributed by atoms with van der Waals surface area (Å²) in [6.07, 6.45) is 5.97. The maximum Gasteiger partial charge on any atom is 0.332 e. The molecule has 6 heteroatoms. The van der Waals surface area contributed by atoms with E-state index in [-0.39, 0.29) is 18.1 Å². The van der Waals surface area contributed by atoms with Crippen molar-refractivity contribution in [2.45, 2.75) is 82.6 Å². The number of nitrogens with zero attached hydrogens (tertiary/aromatic N) is 1. The van der Waals surface area contributed by atoms with Gasteiger partial charge in [0.1, 0.15) is 6.10 Å². The highest BCUT2D eigenvalue weighted by molar-refractivity contribution is 5.83. The van der Waals surface area contributed by atoms with Crippen molar-refractivity contribution in [3.63, 3.8) is 0 Å². The Balaban J connectivity index is 1.66. The lowest BCUT2D eigenvalue weighted by molar-refractivity contribution is -0.157. The van der Waals surface area contributed by atoms with Gasteiger partial charge in [0.15, 0.2) is 6.10 Å². The second-order valence-corrected chi connectivity index (χ2v) is 7.57. The van der Waals surface area contributed by atoms with Crippen LogP contribution in [0.25, 0.3) is 0 Å². The number of carbonyl (C=O) groups excluding carboxylic acids is 1. The molecular weight excluding hydrogens is 310 g/mol. The first-order valence-electron chi connectivity index (χ1n) is 9.35. The first-order chi connectivity index (χ1) is 11.5. The molecule has 0 spiro atoms. The molecule has 1 unspecified atom stereocenters. The second kappa shape index (κ2) is 7.83. The van der Waals surface area contributed by atoms with Gasteiger partial charge in [0, 0.05) is 19.2 Å². The molecule has 1 N–H and O–H groups in total. The zero-order chi connectivity index (χ0) is 17.1. The molecule has 136 valence electrons. The van der Waals surface area contributed by atoms with Gasteiger partial charge in [-0.25, -0.2) is 4.79 Å². The standard InChI is InChI=1S/C18H29NO5/c1-12-4-6-13(7-5-12)19(11-14-3-2-10-23-14)17(20)15-8-9-16(24-15)18(21)22/h12-16H,2-11H2,1H3,(H,21,22)/t12?,13?,14?,15-,16+/m0/s1. The maximum atomic E-state index is 13.0. The van der Waals surface area contributed by atoms with Crippen LogP contribution in [0.2, 0.25) is 0 Å². The molecule has 24 heavy (non-hydrogen) atoms. The maximum absolute atomic E-state index is 13.0. The normalized spacial score (nSPS) is 36.6. The summed E-state index contributed by atoms with van der Waals surface area (Å²) in [4.78, 5) is 26.1. The number of carbonyl (C=O) groups is 2. The Kier molecular flexibility index (Phi) is 5.76. The number of aliphatic carboxylic acids is 1. The Morgan fingerprint density at radius 2 is 1.75 bits per heavy atom. The molecule has 0 bridgehead atoms. The van der Waals surface area contributed by atoms with Crippen molar-refractivity contribution in [2.75, 3.05) is 13.2 Å². The van der Waals surface area contributed by atoms with Gasteiger partial charge in [0.25, 0.3) is 5.91 Å². The van der Waals surface area contributed by atoms with Crippen LogP contribution in [0.1, 0.15) is 58.3 Å². The molecule has 1 aliphatic carbocycles. The Labute approximate surface area is 143 Å². The third-order valence-electron chi connectivity index (χ3n) is 5.70. The molecule has 0 aromatic carbocycles. The number of amides is 1. The number of hydrogen-bond acceptors (Lipinski definition) is 4. The number of rotatable bonds is 5. The molecule has 2 saturated heterocycles. The molecule has 1 saturated carbocycles.